The second-order valence-corrected chi connectivity index (χ2v) is 14.1. The lowest BCUT2D eigenvalue weighted by molar-refractivity contribution is 0.304. The first-order chi connectivity index (χ1) is 5.00. The van der Waals surface area contributed by atoms with Gasteiger partial charge in [0.1, 0.15) is 0 Å². The Labute approximate surface area is 89.1 Å². The van der Waals surface area contributed by atoms with Gasteiger partial charge in [-0.2, -0.15) is 0 Å². The molecule has 1 fully saturated rings. The zero-order valence-electron chi connectivity index (χ0n) is 5.75. The molecule has 0 aliphatic carbocycles. The third kappa shape index (κ3) is 18.5. The van der Waals surface area contributed by atoms with E-state index in [9.17, 15) is 0 Å². The zero-order chi connectivity index (χ0) is 8.74. The summed E-state index contributed by atoms with van der Waals surface area (Å²) in [6, 6.07) is 1.31. The van der Waals surface area contributed by atoms with Crippen LogP contribution in [0.4, 0.5) is 0 Å². The standard InChI is InChI=1S/C4H8OSi.Cl4Si/c1-2-4-6-5-3-1;1-5(2,3)4/h1-4H2;. The molecular formula is C4H8Cl4OSi2. The smallest absolute Gasteiger partial charge is 0.417 e. The van der Waals surface area contributed by atoms with Crippen molar-refractivity contribution in [1.29, 1.82) is 0 Å². The molecule has 1 aliphatic heterocycles. The molecule has 0 atom stereocenters. The molecule has 1 nitrogen and oxygen atoms in total. The van der Waals surface area contributed by atoms with E-state index >= 15 is 0 Å². The fourth-order valence-electron chi connectivity index (χ4n) is 0.516. The summed E-state index contributed by atoms with van der Waals surface area (Å²) in [4.78, 5) is 0. The predicted molar refractivity (Wildman–Crippen MR) is 54.9 cm³/mol. The minimum atomic E-state index is -2.72. The van der Waals surface area contributed by atoms with Crippen molar-refractivity contribution in [2.45, 2.75) is 18.9 Å². The van der Waals surface area contributed by atoms with Gasteiger partial charge in [0.25, 0.3) is 0 Å². The summed E-state index contributed by atoms with van der Waals surface area (Å²) in [7, 11) is 0.802. The number of rotatable bonds is 0. The molecule has 7 heteroatoms. The van der Waals surface area contributed by atoms with Gasteiger partial charge in [0.15, 0.2) is 0 Å². The molecule has 0 N–H and O–H groups in total. The van der Waals surface area contributed by atoms with Crippen LogP contribution in [0.15, 0.2) is 0 Å². The van der Waals surface area contributed by atoms with Crippen LogP contribution in [0.25, 0.3) is 0 Å². The summed E-state index contributed by atoms with van der Waals surface area (Å²) in [5, 5.41) is -2.72. The summed E-state index contributed by atoms with van der Waals surface area (Å²) < 4.78 is 5.10. The first-order valence-electron chi connectivity index (χ1n) is 3.10. The zero-order valence-corrected chi connectivity index (χ0v) is 10.8. The predicted octanol–water partition coefficient (Wildman–Crippen LogP) is 3.21. The quantitative estimate of drug-likeness (QED) is 0.485. The first kappa shape index (κ1) is 12.6. The summed E-state index contributed by atoms with van der Waals surface area (Å²) in [5.74, 6) is 0. The molecule has 11 heavy (non-hydrogen) atoms. The maximum absolute atomic E-state index is 5.10. The van der Waals surface area contributed by atoms with Gasteiger partial charge in [-0.1, -0.05) is 6.42 Å². The maximum Gasteiger partial charge on any atom is 0.440 e. The lowest BCUT2D eigenvalue weighted by Gasteiger charge is -2.06. The molecular weight excluding hydrogens is 262 g/mol. The molecule has 0 amide bonds. The number of hydrogen-bond acceptors (Lipinski definition) is 1. The van der Waals surface area contributed by atoms with E-state index in [4.69, 9.17) is 48.7 Å². The normalized spacial score (nSPS) is 18.5. The molecule has 66 valence electrons. The highest BCUT2D eigenvalue weighted by Crippen LogP contribution is 2.23. The molecule has 0 bridgehead atoms. The molecule has 1 heterocycles. The minimum absolute atomic E-state index is 0.802. The van der Waals surface area contributed by atoms with Crippen molar-refractivity contribution in [3.05, 3.63) is 0 Å². The van der Waals surface area contributed by atoms with Gasteiger partial charge >= 0.3 is 5.31 Å². The van der Waals surface area contributed by atoms with Crippen molar-refractivity contribution < 1.29 is 4.43 Å². The van der Waals surface area contributed by atoms with Crippen LogP contribution in [0.3, 0.4) is 0 Å². The van der Waals surface area contributed by atoms with E-state index in [1.807, 2.05) is 0 Å². The lowest BCUT2D eigenvalue weighted by atomic mass is 10.4. The van der Waals surface area contributed by atoms with Crippen LogP contribution < -0.4 is 0 Å². The fraction of sp³-hybridized carbons (Fsp3) is 1.00. The number of hydrogen-bond donors (Lipinski definition) is 0. The summed E-state index contributed by atoms with van der Waals surface area (Å²) in [5.41, 5.74) is 0. The van der Waals surface area contributed by atoms with Crippen LogP contribution in [0, 0.1) is 0 Å². The Morgan fingerprint density at radius 2 is 1.64 bits per heavy atom. The average Bonchev–Trinajstić information content (AvgIpc) is 1.88. The molecule has 0 unspecified atom stereocenters. The van der Waals surface area contributed by atoms with Crippen LogP contribution in [0.5, 0.6) is 0 Å². The van der Waals surface area contributed by atoms with Gasteiger partial charge in [0.05, 0.1) is 0 Å². The van der Waals surface area contributed by atoms with Crippen molar-refractivity contribution in [3.63, 3.8) is 0 Å². The van der Waals surface area contributed by atoms with Gasteiger partial charge in [-0.15, -0.1) is 44.3 Å². The van der Waals surface area contributed by atoms with Crippen LogP contribution >= 0.6 is 44.3 Å². The molecule has 0 saturated carbocycles. The van der Waals surface area contributed by atoms with E-state index in [2.05, 4.69) is 0 Å². The Bertz CT molecular complexity index is 75.1. The van der Waals surface area contributed by atoms with E-state index in [0.717, 1.165) is 16.4 Å². The third-order valence-electron chi connectivity index (χ3n) is 0.877. The largest absolute Gasteiger partial charge is 0.440 e. The van der Waals surface area contributed by atoms with Crippen molar-refractivity contribution >= 4 is 59.4 Å². The van der Waals surface area contributed by atoms with E-state index in [0.29, 0.717) is 0 Å². The van der Waals surface area contributed by atoms with E-state index in [1.54, 1.807) is 0 Å². The monoisotopic (exact) mass is 268 g/mol. The molecule has 1 rings (SSSR count). The van der Waals surface area contributed by atoms with Gasteiger partial charge in [0.2, 0.25) is 9.76 Å². The summed E-state index contributed by atoms with van der Waals surface area (Å²) in [6.07, 6.45) is 2.67. The fourth-order valence-corrected chi connectivity index (χ4v) is 1.34. The number of halogens is 4. The second-order valence-electron chi connectivity index (χ2n) is 1.88. The molecule has 1 saturated heterocycles. The molecule has 0 aromatic rings. The third-order valence-corrected chi connectivity index (χ3v) is 1.84. The van der Waals surface area contributed by atoms with Crippen LogP contribution in [-0.2, 0) is 4.43 Å². The van der Waals surface area contributed by atoms with Gasteiger partial charge < -0.3 is 4.43 Å². The Kier molecular flexibility index (Phi) is 7.99. The van der Waals surface area contributed by atoms with Crippen molar-refractivity contribution in [2.75, 3.05) is 6.61 Å². The second kappa shape index (κ2) is 7.01. The maximum atomic E-state index is 5.10. The Balaban J connectivity index is 0.000000187. The summed E-state index contributed by atoms with van der Waals surface area (Å²) >= 11 is 19.9. The molecule has 2 radical (unpaired) electrons. The van der Waals surface area contributed by atoms with Crippen molar-refractivity contribution in [3.8, 4) is 0 Å². The Morgan fingerprint density at radius 3 is 1.73 bits per heavy atom. The molecule has 1 aliphatic rings. The van der Waals surface area contributed by atoms with Gasteiger partial charge in [0, 0.05) is 6.61 Å². The topological polar surface area (TPSA) is 9.23 Å². The molecule has 0 aromatic heterocycles. The van der Waals surface area contributed by atoms with Gasteiger partial charge in [-0.05, 0) is 12.5 Å². The van der Waals surface area contributed by atoms with E-state index in [1.165, 1.54) is 18.9 Å². The van der Waals surface area contributed by atoms with Gasteiger partial charge in [-0.3, -0.25) is 0 Å². The van der Waals surface area contributed by atoms with E-state index < -0.39 is 5.31 Å². The molecule has 0 spiro atoms. The minimum Gasteiger partial charge on any atom is -0.417 e. The van der Waals surface area contributed by atoms with Gasteiger partial charge in [-0.25, -0.2) is 0 Å². The average molecular weight is 270 g/mol. The van der Waals surface area contributed by atoms with Crippen LogP contribution in [0.1, 0.15) is 12.8 Å². The van der Waals surface area contributed by atoms with Crippen LogP contribution in [0.2, 0.25) is 6.04 Å². The summed E-state index contributed by atoms with van der Waals surface area (Å²) in [6.45, 7) is 1.01. The SMILES string of the molecule is C1CC[Si]OC1.Cl[Si](Cl)(Cl)Cl. The highest BCUT2D eigenvalue weighted by atomic mass is 36.0. The van der Waals surface area contributed by atoms with Crippen molar-refractivity contribution in [2.24, 2.45) is 0 Å². The lowest BCUT2D eigenvalue weighted by Crippen LogP contribution is -2.06. The van der Waals surface area contributed by atoms with E-state index in [-0.39, 0.29) is 0 Å². The Hall–Kier alpha value is 1.55. The van der Waals surface area contributed by atoms with Crippen molar-refractivity contribution in [1.82, 2.24) is 0 Å². The highest BCUT2D eigenvalue weighted by molar-refractivity contribution is 7.81. The molecule has 0 aromatic carbocycles. The van der Waals surface area contributed by atoms with Crippen LogP contribution in [-0.4, -0.2) is 21.7 Å². The highest BCUT2D eigenvalue weighted by Gasteiger charge is 2.19. The Morgan fingerprint density at radius 1 is 1.09 bits per heavy atom. The first-order valence-corrected chi connectivity index (χ1v) is 10.3.